The number of nitrogen functional groups attached to an aromatic ring is 1. The Morgan fingerprint density at radius 2 is 1.79 bits per heavy atom. The lowest BCUT2D eigenvalue weighted by molar-refractivity contribution is -0.115. The molecule has 124 valence electrons. The SMILES string of the molecule is CCC(=O)Nc1ccc(C(=O)N/N=C(\C)c2cccc(N)c2)cc1. The van der Waals surface area contributed by atoms with Crippen LogP contribution in [0.3, 0.4) is 0 Å². The number of amides is 2. The van der Waals surface area contributed by atoms with Gasteiger partial charge < -0.3 is 11.1 Å². The zero-order valence-electron chi connectivity index (χ0n) is 13.7. The first kappa shape index (κ1) is 17.2. The van der Waals surface area contributed by atoms with E-state index < -0.39 is 0 Å². The van der Waals surface area contributed by atoms with Gasteiger partial charge >= 0.3 is 0 Å². The third-order valence-corrected chi connectivity index (χ3v) is 3.38. The zero-order chi connectivity index (χ0) is 17.5. The Labute approximate surface area is 140 Å². The summed E-state index contributed by atoms with van der Waals surface area (Å²) in [6.45, 7) is 3.57. The molecule has 0 fully saturated rings. The van der Waals surface area contributed by atoms with Crippen molar-refractivity contribution < 1.29 is 9.59 Å². The molecule has 4 N–H and O–H groups in total. The minimum atomic E-state index is -0.327. The van der Waals surface area contributed by atoms with Gasteiger partial charge in [0.1, 0.15) is 0 Å². The van der Waals surface area contributed by atoms with Gasteiger partial charge in [-0.2, -0.15) is 5.10 Å². The van der Waals surface area contributed by atoms with Gasteiger partial charge in [-0.25, -0.2) is 5.43 Å². The Balaban J connectivity index is 2.01. The van der Waals surface area contributed by atoms with Crippen LogP contribution < -0.4 is 16.5 Å². The minimum Gasteiger partial charge on any atom is -0.399 e. The molecule has 0 bridgehead atoms. The van der Waals surface area contributed by atoms with Crippen LogP contribution >= 0.6 is 0 Å². The van der Waals surface area contributed by atoms with Crippen molar-refractivity contribution in [1.29, 1.82) is 0 Å². The first-order valence-electron chi connectivity index (χ1n) is 7.60. The summed E-state index contributed by atoms with van der Waals surface area (Å²) in [6, 6.07) is 13.9. The normalized spacial score (nSPS) is 11.0. The number of rotatable bonds is 5. The first-order chi connectivity index (χ1) is 11.5. The second kappa shape index (κ2) is 7.92. The Morgan fingerprint density at radius 1 is 1.08 bits per heavy atom. The fourth-order valence-corrected chi connectivity index (χ4v) is 1.98. The van der Waals surface area contributed by atoms with Gasteiger partial charge in [0.25, 0.3) is 5.91 Å². The summed E-state index contributed by atoms with van der Waals surface area (Å²) in [5.41, 5.74) is 11.5. The molecule has 0 aliphatic heterocycles. The molecule has 0 saturated heterocycles. The van der Waals surface area contributed by atoms with Crippen molar-refractivity contribution in [1.82, 2.24) is 5.43 Å². The Morgan fingerprint density at radius 3 is 2.42 bits per heavy atom. The summed E-state index contributed by atoms with van der Waals surface area (Å²) in [4.78, 5) is 23.4. The third kappa shape index (κ3) is 4.67. The molecule has 2 aromatic rings. The predicted octanol–water partition coefficient (Wildman–Crippen LogP) is 2.77. The summed E-state index contributed by atoms with van der Waals surface area (Å²) in [5.74, 6) is -0.402. The number of hydrogen-bond acceptors (Lipinski definition) is 4. The van der Waals surface area contributed by atoms with Crippen molar-refractivity contribution in [2.45, 2.75) is 20.3 Å². The number of nitrogens with two attached hydrogens (primary N) is 1. The number of hydrogen-bond donors (Lipinski definition) is 3. The standard InChI is InChI=1S/C18H20N4O2/c1-3-17(23)20-16-9-7-13(8-10-16)18(24)22-21-12(2)14-5-4-6-15(19)11-14/h4-11H,3,19H2,1-2H3,(H,20,23)(H,22,24)/b21-12+. The van der Waals surface area contributed by atoms with E-state index in [0.717, 1.165) is 5.56 Å². The van der Waals surface area contributed by atoms with Crippen LogP contribution in [-0.2, 0) is 4.79 Å². The Hall–Kier alpha value is -3.15. The lowest BCUT2D eigenvalue weighted by Gasteiger charge is -2.06. The number of hydrazone groups is 1. The smallest absolute Gasteiger partial charge is 0.271 e. The maximum absolute atomic E-state index is 12.1. The average molecular weight is 324 g/mol. The lowest BCUT2D eigenvalue weighted by Crippen LogP contribution is -2.19. The summed E-state index contributed by atoms with van der Waals surface area (Å²) >= 11 is 0. The topological polar surface area (TPSA) is 96.6 Å². The van der Waals surface area contributed by atoms with Gasteiger partial charge in [0.15, 0.2) is 0 Å². The highest BCUT2D eigenvalue weighted by molar-refractivity contribution is 6.01. The van der Waals surface area contributed by atoms with Crippen LogP contribution in [0.2, 0.25) is 0 Å². The highest BCUT2D eigenvalue weighted by atomic mass is 16.2. The van der Waals surface area contributed by atoms with Crippen molar-refractivity contribution in [3.63, 3.8) is 0 Å². The van der Waals surface area contributed by atoms with Gasteiger partial charge in [-0.3, -0.25) is 9.59 Å². The van der Waals surface area contributed by atoms with E-state index in [-0.39, 0.29) is 11.8 Å². The molecule has 0 aromatic heterocycles. The van der Waals surface area contributed by atoms with Gasteiger partial charge in [-0.1, -0.05) is 19.1 Å². The number of nitrogens with one attached hydrogen (secondary N) is 2. The third-order valence-electron chi connectivity index (χ3n) is 3.38. The van der Waals surface area contributed by atoms with Gasteiger partial charge in [-0.15, -0.1) is 0 Å². The van der Waals surface area contributed by atoms with Crippen LogP contribution in [0.4, 0.5) is 11.4 Å². The molecule has 2 rings (SSSR count). The number of anilines is 2. The van der Waals surface area contributed by atoms with Crippen molar-refractivity contribution in [2.24, 2.45) is 5.10 Å². The van der Waals surface area contributed by atoms with Crippen LogP contribution in [-0.4, -0.2) is 17.5 Å². The summed E-state index contributed by atoms with van der Waals surface area (Å²) in [6.07, 6.45) is 0.403. The second-order valence-electron chi connectivity index (χ2n) is 5.24. The maximum atomic E-state index is 12.1. The van der Waals surface area contributed by atoms with E-state index >= 15 is 0 Å². The monoisotopic (exact) mass is 324 g/mol. The molecule has 0 unspecified atom stereocenters. The largest absolute Gasteiger partial charge is 0.399 e. The summed E-state index contributed by atoms with van der Waals surface area (Å²) in [5, 5.41) is 6.81. The quantitative estimate of drug-likeness (QED) is 0.448. The van der Waals surface area contributed by atoms with Crippen LogP contribution in [0, 0.1) is 0 Å². The van der Waals surface area contributed by atoms with Crippen molar-refractivity contribution in [3.8, 4) is 0 Å². The summed E-state index contributed by atoms with van der Waals surface area (Å²) in [7, 11) is 0. The van der Waals surface area contributed by atoms with E-state index in [1.165, 1.54) is 0 Å². The van der Waals surface area contributed by atoms with E-state index in [1.807, 2.05) is 12.1 Å². The van der Waals surface area contributed by atoms with Crippen LogP contribution in [0.15, 0.2) is 53.6 Å². The molecule has 0 spiro atoms. The van der Waals surface area contributed by atoms with E-state index in [2.05, 4.69) is 15.8 Å². The first-order valence-corrected chi connectivity index (χ1v) is 7.60. The fraction of sp³-hybridized carbons (Fsp3) is 0.167. The molecular formula is C18H20N4O2. The molecule has 0 radical (unpaired) electrons. The molecule has 6 heteroatoms. The van der Waals surface area contributed by atoms with E-state index in [0.29, 0.717) is 29.1 Å². The molecule has 6 nitrogen and oxygen atoms in total. The van der Waals surface area contributed by atoms with E-state index in [4.69, 9.17) is 5.73 Å². The van der Waals surface area contributed by atoms with Crippen LogP contribution in [0.25, 0.3) is 0 Å². The Kier molecular flexibility index (Phi) is 5.68. The van der Waals surface area contributed by atoms with E-state index in [1.54, 1.807) is 50.2 Å². The fourth-order valence-electron chi connectivity index (χ4n) is 1.98. The van der Waals surface area contributed by atoms with Crippen LogP contribution in [0.1, 0.15) is 36.2 Å². The Bertz CT molecular complexity index is 767. The number of nitrogens with zero attached hydrogens (tertiary/aromatic N) is 1. The number of carbonyl (C=O) groups excluding carboxylic acids is 2. The molecule has 2 aromatic carbocycles. The average Bonchev–Trinajstić information content (AvgIpc) is 2.59. The summed E-state index contributed by atoms with van der Waals surface area (Å²) < 4.78 is 0. The molecule has 2 amide bonds. The number of carbonyl (C=O) groups is 2. The van der Waals surface area contributed by atoms with Gasteiger partial charge in [0.05, 0.1) is 5.71 Å². The number of benzene rings is 2. The van der Waals surface area contributed by atoms with Crippen molar-refractivity contribution in [3.05, 3.63) is 59.7 Å². The van der Waals surface area contributed by atoms with E-state index in [9.17, 15) is 9.59 Å². The van der Waals surface area contributed by atoms with Crippen LogP contribution in [0.5, 0.6) is 0 Å². The highest BCUT2D eigenvalue weighted by Gasteiger charge is 2.06. The van der Waals surface area contributed by atoms with Crippen molar-refractivity contribution in [2.75, 3.05) is 11.1 Å². The lowest BCUT2D eigenvalue weighted by atomic mass is 10.1. The maximum Gasteiger partial charge on any atom is 0.271 e. The molecule has 24 heavy (non-hydrogen) atoms. The second-order valence-corrected chi connectivity index (χ2v) is 5.24. The molecular weight excluding hydrogens is 304 g/mol. The van der Waals surface area contributed by atoms with Gasteiger partial charge in [0, 0.05) is 23.4 Å². The molecule has 0 aliphatic rings. The minimum absolute atomic E-state index is 0.0745. The molecule has 0 heterocycles. The molecule has 0 aliphatic carbocycles. The predicted molar refractivity (Wildman–Crippen MR) is 95.9 cm³/mol. The van der Waals surface area contributed by atoms with Gasteiger partial charge in [0.2, 0.25) is 5.91 Å². The highest BCUT2D eigenvalue weighted by Crippen LogP contribution is 2.10. The zero-order valence-corrected chi connectivity index (χ0v) is 13.7. The molecule has 0 saturated carbocycles. The van der Waals surface area contributed by atoms with Gasteiger partial charge in [-0.05, 0) is 48.9 Å². The molecule has 0 atom stereocenters. The van der Waals surface area contributed by atoms with Crippen molar-refractivity contribution >= 4 is 28.9 Å².